The fourth-order valence-corrected chi connectivity index (χ4v) is 4.01. The molecule has 0 bridgehead atoms. The normalized spacial score (nSPS) is 19.4. The van der Waals surface area contributed by atoms with Crippen molar-refractivity contribution in [2.45, 2.75) is 76.3 Å². The summed E-state index contributed by atoms with van der Waals surface area (Å²) in [5.41, 5.74) is 1.01. The van der Waals surface area contributed by atoms with Gasteiger partial charge in [0.25, 0.3) is 0 Å². The van der Waals surface area contributed by atoms with Crippen LogP contribution in [0.25, 0.3) is 0 Å². The molecule has 2 fully saturated rings. The van der Waals surface area contributed by atoms with Crippen LogP contribution in [-0.2, 0) is 34.9 Å². The van der Waals surface area contributed by atoms with Crippen molar-refractivity contribution >= 4 is 28.6 Å². The van der Waals surface area contributed by atoms with E-state index in [1.54, 1.807) is 12.1 Å². The van der Waals surface area contributed by atoms with E-state index in [4.69, 9.17) is 19.5 Å². The van der Waals surface area contributed by atoms with Crippen LogP contribution in [-0.4, -0.2) is 111 Å². The second-order valence-corrected chi connectivity index (χ2v) is 11.1. The summed E-state index contributed by atoms with van der Waals surface area (Å²) >= 11 is -1.84. The van der Waals surface area contributed by atoms with Crippen molar-refractivity contribution in [3.05, 3.63) is 29.8 Å². The number of carbonyl (C=O) groups excluding carboxylic acids is 3. The minimum atomic E-state index is -1.86. The number of Topliss-reactive ketones (excluding diaryl/α,β-unsaturated/α-hetero) is 2. The quantitative estimate of drug-likeness (QED) is 0.0912. The van der Waals surface area contributed by atoms with Crippen LogP contribution in [0.2, 0.25) is 0 Å². The zero-order valence-corrected chi connectivity index (χ0v) is 27.8. The average Bonchev–Trinajstić information content (AvgIpc) is 2.91. The first-order valence-corrected chi connectivity index (χ1v) is 14.2. The number of carbonyl (C=O) groups is 3. The summed E-state index contributed by atoms with van der Waals surface area (Å²) in [5.74, 6) is -1.50. The summed E-state index contributed by atoms with van der Waals surface area (Å²) < 4.78 is 28.6. The van der Waals surface area contributed by atoms with Gasteiger partial charge in [0.15, 0.2) is 11.1 Å². The van der Waals surface area contributed by atoms with Crippen molar-refractivity contribution < 1.29 is 87.7 Å². The van der Waals surface area contributed by atoms with Gasteiger partial charge in [-0.15, -0.1) is 0 Å². The number of morpholine rings is 1. The molecule has 0 spiro atoms. The smallest absolute Gasteiger partial charge is 0.547 e. The molecule has 1 aromatic rings. The summed E-state index contributed by atoms with van der Waals surface area (Å²) in [5, 5.41) is 49.6. The molecule has 1 aliphatic carbocycles. The third-order valence-electron chi connectivity index (χ3n) is 5.63. The zero-order valence-electron chi connectivity index (χ0n) is 25.0. The number of carboxylic acids is 1. The predicted octanol–water partition coefficient (Wildman–Crippen LogP) is -4.26. The van der Waals surface area contributed by atoms with Gasteiger partial charge < -0.3 is 49.7 Å². The van der Waals surface area contributed by atoms with Crippen molar-refractivity contribution in [1.82, 2.24) is 5.32 Å². The van der Waals surface area contributed by atoms with Gasteiger partial charge in [0.1, 0.15) is 36.0 Å². The van der Waals surface area contributed by atoms with Crippen LogP contribution in [0.3, 0.4) is 0 Å². The molecule has 13 nitrogen and oxygen atoms in total. The second-order valence-electron chi connectivity index (χ2n) is 10.1. The number of ether oxygens (including phenoxy) is 2. The Morgan fingerprint density at radius 1 is 1.07 bits per heavy atom. The Morgan fingerprint density at radius 2 is 1.57 bits per heavy atom. The van der Waals surface area contributed by atoms with Crippen LogP contribution in [0.5, 0.6) is 0 Å². The van der Waals surface area contributed by atoms with E-state index in [1.807, 2.05) is 32.9 Å². The first-order valence-electron chi connectivity index (χ1n) is 13.1. The molecular weight excluding hydrogens is 585 g/mol. The number of hydrogen-bond acceptors (Lipinski definition) is 12. The van der Waals surface area contributed by atoms with E-state index < -0.39 is 48.1 Å². The number of aliphatic hydroxyl groups excluding tert-OH is 4. The van der Waals surface area contributed by atoms with Gasteiger partial charge in [-0.05, 0) is 31.4 Å². The maximum Gasteiger partial charge on any atom is 1.00 e. The summed E-state index contributed by atoms with van der Waals surface area (Å²) in [6, 6.07) is 6.91. The van der Waals surface area contributed by atoms with E-state index in [0.717, 1.165) is 31.9 Å². The van der Waals surface area contributed by atoms with Crippen LogP contribution in [0.15, 0.2) is 29.2 Å². The number of ketones is 2. The summed E-state index contributed by atoms with van der Waals surface area (Å²) in [4.78, 5) is 32.7. The van der Waals surface area contributed by atoms with E-state index >= 15 is 0 Å². The van der Waals surface area contributed by atoms with Gasteiger partial charge in [-0.3, -0.25) is 9.59 Å². The molecule has 0 aromatic heterocycles. The van der Waals surface area contributed by atoms with E-state index in [0.29, 0.717) is 17.7 Å². The number of nitrogens with one attached hydrogen (secondary N) is 1. The Morgan fingerprint density at radius 3 is 1.88 bits per heavy atom. The van der Waals surface area contributed by atoms with Crippen LogP contribution in [0, 0.1) is 12.3 Å². The summed E-state index contributed by atoms with van der Waals surface area (Å²) in [6.07, 6.45) is -5.75. The van der Waals surface area contributed by atoms with Gasteiger partial charge in [-0.1, -0.05) is 31.5 Å². The van der Waals surface area contributed by atoms with Crippen molar-refractivity contribution in [3.63, 3.8) is 0 Å². The van der Waals surface area contributed by atoms with Gasteiger partial charge in [-0.25, -0.2) is 4.21 Å². The monoisotopic (exact) mass is 629 g/mol. The number of benzene rings is 1. The first kappa shape index (κ1) is 43.0. The standard InChI is InChI=1S/C8H16O7.C8H12O2.C7H8O2S.C4H9NO.Na/c1-2-15-7(8(13)14)6(12)5(11)4(10)3-9;1-8(2)4-6(9)3-7(10)5-8;1-6-2-4-7(5-3-6)10(8)9;1-3-6-4-2-5-1;/h4-7,9-12H,2-3H2,1H3,(H,13,14);3-5H2,1-2H3;2-5H,1H3,(H,8,9);5H,1-4H2;/q;;;;+1/p-1. The van der Waals surface area contributed by atoms with Gasteiger partial charge in [0.05, 0.1) is 37.1 Å². The minimum absolute atomic E-state index is 0. The predicted molar refractivity (Wildman–Crippen MR) is 147 cm³/mol. The molecule has 15 heteroatoms. The van der Waals surface area contributed by atoms with E-state index in [-0.39, 0.29) is 59.6 Å². The fourth-order valence-electron chi connectivity index (χ4n) is 3.65. The fraction of sp³-hybridized carbons (Fsp3) is 0.667. The van der Waals surface area contributed by atoms with Crippen LogP contribution in [0.1, 0.15) is 45.6 Å². The average molecular weight is 630 g/mol. The van der Waals surface area contributed by atoms with Gasteiger partial charge in [0.2, 0.25) is 0 Å². The zero-order chi connectivity index (χ0) is 31.6. The minimum Gasteiger partial charge on any atom is -0.547 e. The molecule has 1 saturated heterocycles. The molecule has 3 rings (SSSR count). The Bertz CT molecular complexity index is 914. The SMILES string of the molecule is C1COCCN1.CC1(C)CC(=O)CC(=O)C1.CCOC(C(=O)[O-])C(O)C(O)C(O)CO.Cc1ccc(S(=O)O)cc1.[Na+]. The molecule has 5 unspecified atom stereocenters. The van der Waals surface area contributed by atoms with E-state index in [1.165, 1.54) is 6.92 Å². The maximum absolute atomic E-state index is 10.9. The molecular formula is C27H44NNaO12S. The molecule has 1 heterocycles. The maximum atomic E-state index is 10.9. The Hall–Kier alpha value is -1.14. The molecule has 236 valence electrons. The van der Waals surface area contributed by atoms with Crippen molar-refractivity contribution in [2.24, 2.45) is 5.41 Å². The molecule has 5 atom stereocenters. The number of aliphatic hydroxyl groups is 4. The van der Waals surface area contributed by atoms with Crippen LogP contribution in [0.4, 0.5) is 0 Å². The number of hydrogen-bond donors (Lipinski definition) is 6. The molecule has 0 amide bonds. The third kappa shape index (κ3) is 19.2. The number of rotatable bonds is 8. The number of aliphatic carboxylic acids is 1. The number of carboxylic acid groups (broad SMARTS) is 1. The van der Waals surface area contributed by atoms with Gasteiger partial charge >= 0.3 is 29.6 Å². The van der Waals surface area contributed by atoms with Crippen LogP contribution >= 0.6 is 0 Å². The Labute approximate surface area is 271 Å². The largest absolute Gasteiger partial charge is 1.00 e. The third-order valence-corrected chi connectivity index (χ3v) is 6.31. The first-order chi connectivity index (χ1) is 19.1. The van der Waals surface area contributed by atoms with Crippen molar-refractivity contribution in [1.29, 1.82) is 0 Å². The Balaban J connectivity index is 0. The molecule has 0 radical (unpaired) electrons. The molecule has 1 aliphatic heterocycles. The summed E-state index contributed by atoms with van der Waals surface area (Å²) in [7, 11) is 0. The van der Waals surface area contributed by atoms with Crippen molar-refractivity contribution in [2.75, 3.05) is 39.5 Å². The molecule has 2 aliphatic rings. The molecule has 6 N–H and O–H groups in total. The topological polar surface area (TPSA) is 223 Å². The van der Waals surface area contributed by atoms with Crippen molar-refractivity contribution in [3.8, 4) is 0 Å². The molecule has 1 saturated carbocycles. The van der Waals surface area contributed by atoms with Crippen LogP contribution < -0.4 is 40.0 Å². The Kier molecular flexibility index (Phi) is 23.8. The molecule has 42 heavy (non-hydrogen) atoms. The van der Waals surface area contributed by atoms with E-state index in [2.05, 4.69) is 10.1 Å². The molecule has 1 aromatic carbocycles. The summed E-state index contributed by atoms with van der Waals surface area (Å²) in [6.45, 7) is 10.4. The van der Waals surface area contributed by atoms with Gasteiger partial charge in [-0.2, -0.15) is 0 Å². The number of aryl methyl sites for hydroxylation is 1. The van der Waals surface area contributed by atoms with Gasteiger partial charge in [0, 0.05) is 32.5 Å². The van der Waals surface area contributed by atoms with E-state index in [9.17, 15) is 33.9 Å². The second kappa shape index (κ2) is 23.3.